The molecule has 2 aliphatic rings. The standard InChI is InChI=1S/C20H16IN2O4.ClH/c24-17-9-10-18(25)22(17)15-5-1-13(2-6-15)21-14-3-7-16(8-4-14)23-19(26)11-12-20(23)27;/h1-8H,9-12H2;1H/q+1;/p-1. The van der Waals surface area contributed by atoms with Crippen molar-refractivity contribution in [2.75, 3.05) is 9.80 Å². The van der Waals surface area contributed by atoms with Gasteiger partial charge in [-0.3, -0.25) is 29.0 Å². The van der Waals surface area contributed by atoms with Crippen LogP contribution < -0.4 is 43.4 Å². The van der Waals surface area contributed by atoms with Gasteiger partial charge in [-0.1, -0.05) is 0 Å². The van der Waals surface area contributed by atoms with Crippen molar-refractivity contribution in [3.63, 3.8) is 0 Å². The summed E-state index contributed by atoms with van der Waals surface area (Å²) >= 11 is -0.445. The fourth-order valence-corrected chi connectivity index (χ4v) is 5.32. The third-order valence-corrected chi connectivity index (χ3v) is 7.17. The van der Waals surface area contributed by atoms with E-state index in [1.807, 2.05) is 48.5 Å². The van der Waals surface area contributed by atoms with E-state index in [2.05, 4.69) is 0 Å². The van der Waals surface area contributed by atoms with Crippen molar-refractivity contribution in [3.8, 4) is 0 Å². The molecule has 0 saturated carbocycles. The second kappa shape index (κ2) is 8.40. The van der Waals surface area contributed by atoms with Crippen molar-refractivity contribution >= 4 is 35.0 Å². The van der Waals surface area contributed by atoms with E-state index in [-0.39, 0.29) is 61.7 Å². The second-order valence-corrected chi connectivity index (χ2v) is 9.32. The zero-order chi connectivity index (χ0) is 19.0. The summed E-state index contributed by atoms with van der Waals surface area (Å²) in [6.07, 6.45) is 1.12. The number of carbonyl (C=O) groups is 4. The van der Waals surface area contributed by atoms with E-state index >= 15 is 0 Å². The Morgan fingerprint density at radius 3 is 1.11 bits per heavy atom. The van der Waals surface area contributed by atoms with Gasteiger partial charge in [0.2, 0.25) is 23.6 Å². The third kappa shape index (κ3) is 3.95. The molecule has 28 heavy (non-hydrogen) atoms. The van der Waals surface area contributed by atoms with Gasteiger partial charge in [0.25, 0.3) is 0 Å². The lowest BCUT2D eigenvalue weighted by atomic mass is 10.3. The number of nitrogens with zero attached hydrogens (tertiary/aromatic N) is 2. The molecular weight excluding hydrogens is 495 g/mol. The topological polar surface area (TPSA) is 74.8 Å². The van der Waals surface area contributed by atoms with E-state index in [1.165, 1.54) is 9.80 Å². The second-order valence-electron chi connectivity index (χ2n) is 6.29. The van der Waals surface area contributed by atoms with Gasteiger partial charge in [-0.15, -0.1) is 0 Å². The lowest BCUT2D eigenvalue weighted by molar-refractivity contribution is -0.597. The van der Waals surface area contributed by atoms with Crippen LogP contribution in [0, 0.1) is 7.14 Å². The van der Waals surface area contributed by atoms with Gasteiger partial charge in [-0.2, -0.15) is 0 Å². The number of halogens is 2. The molecule has 0 aliphatic carbocycles. The molecule has 2 aromatic carbocycles. The predicted octanol–water partition coefficient (Wildman–Crippen LogP) is -3.87. The van der Waals surface area contributed by atoms with Crippen molar-refractivity contribution in [2.24, 2.45) is 0 Å². The zero-order valence-corrected chi connectivity index (χ0v) is 17.6. The van der Waals surface area contributed by atoms with Crippen LogP contribution >= 0.6 is 0 Å². The average molecular weight is 511 g/mol. The van der Waals surface area contributed by atoms with E-state index in [1.54, 1.807) is 0 Å². The Morgan fingerprint density at radius 1 is 0.536 bits per heavy atom. The third-order valence-electron chi connectivity index (χ3n) is 4.49. The van der Waals surface area contributed by atoms with Gasteiger partial charge in [-0.25, -0.2) is 0 Å². The first-order chi connectivity index (χ1) is 13.0. The molecule has 4 rings (SSSR count). The molecule has 0 N–H and O–H groups in total. The maximum Gasteiger partial charge on any atom is 0.357 e. The van der Waals surface area contributed by atoms with Crippen molar-refractivity contribution < 1.29 is 52.8 Å². The highest BCUT2D eigenvalue weighted by atomic mass is 127. The molecule has 0 atom stereocenters. The maximum absolute atomic E-state index is 11.8. The summed E-state index contributed by atoms with van der Waals surface area (Å²) in [6, 6.07) is 15.0. The Bertz CT molecular complexity index is 834. The van der Waals surface area contributed by atoms with Gasteiger partial charge in [0, 0.05) is 25.7 Å². The van der Waals surface area contributed by atoms with E-state index in [9.17, 15) is 19.2 Å². The predicted molar refractivity (Wildman–Crippen MR) is 93.7 cm³/mol. The van der Waals surface area contributed by atoms with Gasteiger partial charge in [0.1, 0.15) is 0 Å². The number of anilines is 2. The van der Waals surface area contributed by atoms with Crippen molar-refractivity contribution in [3.05, 3.63) is 55.7 Å². The maximum atomic E-state index is 11.8. The number of benzene rings is 2. The summed E-state index contributed by atoms with van der Waals surface area (Å²) in [6.45, 7) is 0. The van der Waals surface area contributed by atoms with Crippen LogP contribution in [-0.4, -0.2) is 23.6 Å². The van der Waals surface area contributed by atoms with Gasteiger partial charge in [0.05, 0.1) is 11.4 Å². The fourth-order valence-electron chi connectivity index (χ4n) is 3.16. The largest absolute Gasteiger partial charge is 1.00 e. The molecule has 2 fully saturated rings. The highest BCUT2D eigenvalue weighted by molar-refractivity contribution is 6.20. The quantitative estimate of drug-likeness (QED) is 0.312. The first-order valence-electron chi connectivity index (χ1n) is 8.59. The molecule has 4 amide bonds. The van der Waals surface area contributed by atoms with Crippen LogP contribution in [-0.2, 0) is 19.2 Å². The average Bonchev–Trinajstić information content (AvgIpc) is 3.18. The Hall–Kier alpha value is -2.26. The summed E-state index contributed by atoms with van der Waals surface area (Å²) in [5.41, 5.74) is 1.24. The van der Waals surface area contributed by atoms with Crippen LogP contribution in [0.4, 0.5) is 11.4 Å². The minimum atomic E-state index is -0.445. The summed E-state index contributed by atoms with van der Waals surface area (Å²) < 4.78 is 2.30. The molecule has 0 bridgehead atoms. The van der Waals surface area contributed by atoms with Crippen LogP contribution in [0.25, 0.3) is 0 Å². The number of imide groups is 2. The van der Waals surface area contributed by atoms with E-state index in [0.29, 0.717) is 11.4 Å². The van der Waals surface area contributed by atoms with Crippen molar-refractivity contribution in [1.29, 1.82) is 0 Å². The molecule has 2 aromatic rings. The minimum Gasteiger partial charge on any atom is -1.00 e. The van der Waals surface area contributed by atoms with Crippen LogP contribution in [0.3, 0.4) is 0 Å². The lowest BCUT2D eigenvalue weighted by Gasteiger charge is -2.13. The van der Waals surface area contributed by atoms with E-state index < -0.39 is 21.2 Å². The first kappa shape index (κ1) is 20.5. The summed E-state index contributed by atoms with van der Waals surface area (Å²) in [7, 11) is 0. The summed E-state index contributed by atoms with van der Waals surface area (Å²) in [5.74, 6) is -0.596. The molecule has 8 heteroatoms. The lowest BCUT2D eigenvalue weighted by Crippen LogP contribution is -3.61. The highest BCUT2D eigenvalue weighted by Crippen LogP contribution is 2.22. The van der Waals surface area contributed by atoms with Crippen LogP contribution in [0.15, 0.2) is 48.5 Å². The van der Waals surface area contributed by atoms with Gasteiger partial charge < -0.3 is 12.4 Å². The molecule has 144 valence electrons. The fraction of sp³-hybridized carbons (Fsp3) is 0.200. The molecule has 0 aromatic heterocycles. The van der Waals surface area contributed by atoms with Crippen LogP contribution in [0.5, 0.6) is 0 Å². The van der Waals surface area contributed by atoms with E-state index in [0.717, 1.165) is 7.14 Å². The van der Waals surface area contributed by atoms with Crippen LogP contribution in [0.1, 0.15) is 25.7 Å². The monoisotopic (exact) mass is 510 g/mol. The Labute approximate surface area is 178 Å². The Morgan fingerprint density at radius 2 is 0.821 bits per heavy atom. The minimum absolute atomic E-state index is 0. The zero-order valence-electron chi connectivity index (χ0n) is 14.7. The Balaban J connectivity index is 0.00000225. The van der Waals surface area contributed by atoms with Crippen molar-refractivity contribution in [2.45, 2.75) is 25.7 Å². The highest BCUT2D eigenvalue weighted by Gasteiger charge is 2.31. The smallest absolute Gasteiger partial charge is 0.357 e. The van der Waals surface area contributed by atoms with Crippen LogP contribution in [0.2, 0.25) is 0 Å². The number of hydrogen-bond donors (Lipinski definition) is 0. The summed E-state index contributed by atoms with van der Waals surface area (Å²) in [4.78, 5) is 49.7. The number of carbonyl (C=O) groups excluding carboxylic acids is 4. The Kier molecular flexibility index (Phi) is 6.14. The number of amides is 4. The molecule has 6 nitrogen and oxygen atoms in total. The van der Waals surface area contributed by atoms with E-state index in [4.69, 9.17) is 0 Å². The molecule has 0 radical (unpaired) electrons. The van der Waals surface area contributed by atoms with Crippen molar-refractivity contribution in [1.82, 2.24) is 0 Å². The molecule has 2 heterocycles. The first-order valence-corrected chi connectivity index (χ1v) is 10.8. The normalized spacial score (nSPS) is 16.7. The number of rotatable bonds is 4. The van der Waals surface area contributed by atoms with Gasteiger partial charge in [0.15, 0.2) is 7.14 Å². The SMILES string of the molecule is O=C1CCC(=O)N1c1ccc([I+]c2ccc(N3C(=O)CCC3=O)cc2)cc1.[Cl-]. The summed E-state index contributed by atoms with van der Waals surface area (Å²) in [5, 5.41) is 0. The van der Waals surface area contributed by atoms with Gasteiger partial charge >= 0.3 is 21.2 Å². The molecule has 0 unspecified atom stereocenters. The molecule has 0 spiro atoms. The van der Waals surface area contributed by atoms with Gasteiger partial charge in [-0.05, 0) is 48.5 Å². The molecular formula is C20H16ClIN2O4. The molecule has 2 aliphatic heterocycles. The number of hydrogen-bond acceptors (Lipinski definition) is 4. The molecule has 2 saturated heterocycles.